The Morgan fingerprint density at radius 3 is 2.50 bits per heavy atom. The topological polar surface area (TPSA) is 27.7 Å². The maximum atomic E-state index is 5.90. The Kier molecular flexibility index (Phi) is 2.64. The van der Waals surface area contributed by atoms with Crippen LogP contribution in [0.5, 0.6) is 0 Å². The fraction of sp³-hybridized carbons (Fsp3) is 0.818. The zero-order chi connectivity index (χ0) is 10.2. The molecule has 0 amide bonds. The van der Waals surface area contributed by atoms with Crippen LogP contribution in [0, 0.1) is 0 Å². The number of ether oxygens (including phenoxy) is 1. The quantitative estimate of drug-likeness (QED) is 0.478. The molecule has 1 saturated heterocycles. The Morgan fingerprint density at radius 1 is 1.36 bits per heavy atom. The van der Waals surface area contributed by atoms with Crippen LogP contribution in [-0.4, -0.2) is 18.0 Å². The minimum absolute atomic E-state index is 0.0411. The van der Waals surface area contributed by atoms with E-state index in [1.807, 2.05) is 13.8 Å². The van der Waals surface area contributed by atoms with E-state index in [0.717, 1.165) is 31.3 Å². The summed E-state index contributed by atoms with van der Waals surface area (Å²) >= 11 is 0. The van der Waals surface area contributed by atoms with Gasteiger partial charge in [-0.2, -0.15) is 0 Å². The number of rotatable bonds is 1. The molecule has 1 saturated carbocycles. The van der Waals surface area contributed by atoms with E-state index in [2.05, 4.69) is 6.58 Å². The van der Waals surface area contributed by atoms with Crippen LogP contribution in [0.2, 0.25) is 0 Å². The predicted octanol–water partition coefficient (Wildman–Crippen LogP) is 2.57. The summed E-state index contributed by atoms with van der Waals surface area (Å²) in [6, 6.07) is 0. The standard InChI is InChI=1S/C11H18O3/c1-8(2)10-9(3)12-11(14-13-10)6-4-5-7-11/h9-10H,1,4-7H2,2-3H3/t9-,10-/m0/s1. The highest BCUT2D eigenvalue weighted by atomic mass is 17.2. The Labute approximate surface area is 85.0 Å². The molecule has 2 fully saturated rings. The smallest absolute Gasteiger partial charge is 0.201 e. The second-order valence-corrected chi connectivity index (χ2v) is 4.39. The van der Waals surface area contributed by atoms with Crippen molar-refractivity contribution in [3.8, 4) is 0 Å². The maximum Gasteiger partial charge on any atom is 0.201 e. The van der Waals surface area contributed by atoms with Gasteiger partial charge in [0.15, 0.2) is 0 Å². The van der Waals surface area contributed by atoms with Gasteiger partial charge in [-0.25, -0.2) is 9.78 Å². The summed E-state index contributed by atoms with van der Waals surface area (Å²) in [4.78, 5) is 10.8. The summed E-state index contributed by atoms with van der Waals surface area (Å²) in [5.41, 5.74) is 0.949. The van der Waals surface area contributed by atoms with Crippen LogP contribution in [0.15, 0.2) is 12.2 Å². The Balaban J connectivity index is 2.02. The lowest BCUT2D eigenvalue weighted by atomic mass is 10.1. The summed E-state index contributed by atoms with van der Waals surface area (Å²) in [5, 5.41) is 0. The first kappa shape index (κ1) is 10.1. The third-order valence-electron chi connectivity index (χ3n) is 2.98. The van der Waals surface area contributed by atoms with Crippen molar-refractivity contribution in [1.29, 1.82) is 0 Å². The van der Waals surface area contributed by atoms with Crippen molar-refractivity contribution in [2.45, 2.75) is 57.5 Å². The molecule has 1 heterocycles. The van der Waals surface area contributed by atoms with Gasteiger partial charge in [-0.05, 0) is 32.3 Å². The van der Waals surface area contributed by atoms with Gasteiger partial charge in [-0.15, -0.1) is 0 Å². The van der Waals surface area contributed by atoms with Crippen molar-refractivity contribution in [3.05, 3.63) is 12.2 Å². The van der Waals surface area contributed by atoms with Gasteiger partial charge < -0.3 is 4.74 Å². The van der Waals surface area contributed by atoms with Crippen molar-refractivity contribution in [1.82, 2.24) is 0 Å². The molecule has 0 aromatic carbocycles. The monoisotopic (exact) mass is 198 g/mol. The molecule has 2 aliphatic rings. The Hall–Kier alpha value is -0.380. The molecule has 1 aliphatic heterocycles. The first-order valence-electron chi connectivity index (χ1n) is 5.31. The third kappa shape index (κ3) is 1.72. The van der Waals surface area contributed by atoms with E-state index in [1.165, 1.54) is 0 Å². The van der Waals surface area contributed by atoms with Crippen LogP contribution >= 0.6 is 0 Å². The molecule has 0 aromatic heterocycles. The lowest BCUT2D eigenvalue weighted by Crippen LogP contribution is -2.48. The van der Waals surface area contributed by atoms with Crippen LogP contribution in [0.3, 0.4) is 0 Å². The molecule has 0 N–H and O–H groups in total. The van der Waals surface area contributed by atoms with E-state index >= 15 is 0 Å². The lowest BCUT2D eigenvalue weighted by molar-refractivity contribution is -0.492. The molecule has 2 rings (SSSR count). The van der Waals surface area contributed by atoms with E-state index in [4.69, 9.17) is 14.5 Å². The molecule has 2 atom stereocenters. The average molecular weight is 198 g/mol. The molecular formula is C11H18O3. The summed E-state index contributed by atoms with van der Waals surface area (Å²) in [7, 11) is 0. The van der Waals surface area contributed by atoms with E-state index in [1.54, 1.807) is 0 Å². The summed E-state index contributed by atoms with van der Waals surface area (Å²) in [6.07, 6.45) is 4.13. The second kappa shape index (κ2) is 3.65. The summed E-state index contributed by atoms with van der Waals surface area (Å²) in [6.45, 7) is 7.81. The number of hydrogen-bond acceptors (Lipinski definition) is 3. The van der Waals surface area contributed by atoms with Crippen molar-refractivity contribution in [2.75, 3.05) is 0 Å². The van der Waals surface area contributed by atoms with Crippen LogP contribution < -0.4 is 0 Å². The zero-order valence-corrected chi connectivity index (χ0v) is 8.91. The van der Waals surface area contributed by atoms with Gasteiger partial charge in [0.25, 0.3) is 0 Å². The van der Waals surface area contributed by atoms with Crippen LogP contribution in [0.1, 0.15) is 39.5 Å². The Morgan fingerprint density at radius 2 is 2.00 bits per heavy atom. The highest BCUT2D eigenvalue weighted by Crippen LogP contribution is 2.40. The molecule has 14 heavy (non-hydrogen) atoms. The number of hydrogen-bond donors (Lipinski definition) is 0. The molecule has 0 unspecified atom stereocenters. The molecular weight excluding hydrogens is 180 g/mol. The van der Waals surface area contributed by atoms with Gasteiger partial charge in [-0.3, -0.25) is 0 Å². The van der Waals surface area contributed by atoms with Gasteiger partial charge in [0.1, 0.15) is 6.10 Å². The molecule has 3 nitrogen and oxygen atoms in total. The fourth-order valence-corrected chi connectivity index (χ4v) is 2.24. The van der Waals surface area contributed by atoms with E-state index in [-0.39, 0.29) is 12.2 Å². The zero-order valence-electron chi connectivity index (χ0n) is 8.91. The molecule has 1 spiro atoms. The molecule has 80 valence electrons. The van der Waals surface area contributed by atoms with Crippen molar-refractivity contribution in [3.63, 3.8) is 0 Å². The van der Waals surface area contributed by atoms with Gasteiger partial charge >= 0.3 is 0 Å². The lowest BCUT2D eigenvalue weighted by Gasteiger charge is -2.40. The predicted molar refractivity (Wildman–Crippen MR) is 52.5 cm³/mol. The fourth-order valence-electron chi connectivity index (χ4n) is 2.24. The normalized spacial score (nSPS) is 36.1. The summed E-state index contributed by atoms with van der Waals surface area (Å²) < 4.78 is 5.90. The van der Waals surface area contributed by atoms with Crippen molar-refractivity contribution >= 4 is 0 Å². The van der Waals surface area contributed by atoms with Gasteiger partial charge in [0.2, 0.25) is 5.79 Å². The first-order chi connectivity index (χ1) is 6.63. The molecule has 0 radical (unpaired) electrons. The SMILES string of the molecule is C=C(C)[C@@H]1OOC2(CCCC2)O[C@H]1C. The van der Waals surface area contributed by atoms with Crippen molar-refractivity contribution in [2.24, 2.45) is 0 Å². The maximum absolute atomic E-state index is 5.90. The van der Waals surface area contributed by atoms with Gasteiger partial charge in [0, 0.05) is 12.8 Å². The third-order valence-corrected chi connectivity index (χ3v) is 2.98. The van der Waals surface area contributed by atoms with Crippen LogP contribution in [0.25, 0.3) is 0 Å². The molecule has 0 bridgehead atoms. The molecule has 1 aliphatic carbocycles. The van der Waals surface area contributed by atoms with Crippen molar-refractivity contribution < 1.29 is 14.5 Å². The van der Waals surface area contributed by atoms with E-state index in [0.29, 0.717) is 0 Å². The largest absolute Gasteiger partial charge is 0.341 e. The van der Waals surface area contributed by atoms with Gasteiger partial charge in [0.05, 0.1) is 6.10 Å². The average Bonchev–Trinajstić information content (AvgIpc) is 2.52. The minimum atomic E-state index is -0.453. The highest BCUT2D eigenvalue weighted by Gasteiger charge is 2.45. The van der Waals surface area contributed by atoms with Gasteiger partial charge in [-0.1, -0.05) is 6.58 Å². The molecule has 3 heteroatoms. The van der Waals surface area contributed by atoms with Crippen LogP contribution in [0.4, 0.5) is 0 Å². The van der Waals surface area contributed by atoms with Crippen LogP contribution in [-0.2, 0) is 14.5 Å². The first-order valence-corrected chi connectivity index (χ1v) is 5.31. The second-order valence-electron chi connectivity index (χ2n) is 4.39. The highest BCUT2D eigenvalue weighted by molar-refractivity contribution is 5.02. The van der Waals surface area contributed by atoms with E-state index < -0.39 is 5.79 Å². The molecule has 0 aromatic rings. The Bertz CT molecular complexity index is 231. The summed E-state index contributed by atoms with van der Waals surface area (Å²) in [5.74, 6) is -0.453. The minimum Gasteiger partial charge on any atom is -0.341 e. The van der Waals surface area contributed by atoms with E-state index in [9.17, 15) is 0 Å².